The Labute approximate surface area is 246 Å². The van der Waals surface area contributed by atoms with Gasteiger partial charge in [-0.3, -0.25) is 19.4 Å². The molecule has 1 fully saturated rings. The number of carbonyl (C=O) groups excluding carboxylic acids is 3. The Morgan fingerprint density at radius 2 is 1.98 bits per heavy atom. The summed E-state index contributed by atoms with van der Waals surface area (Å²) in [5.41, 5.74) is 3.99. The van der Waals surface area contributed by atoms with Gasteiger partial charge in [0.05, 0.1) is 36.2 Å². The fraction of sp³-hybridized carbons (Fsp3) is 0.464. The molecule has 2 aliphatic heterocycles. The molecule has 1 aromatic carbocycles. The van der Waals surface area contributed by atoms with Crippen LogP contribution in [-0.2, 0) is 31.1 Å². The summed E-state index contributed by atoms with van der Waals surface area (Å²) >= 11 is 6.04. The second-order valence-corrected chi connectivity index (χ2v) is 11.3. The predicted octanol–water partition coefficient (Wildman–Crippen LogP) is 2.79. The maximum Gasteiger partial charge on any atom is 0.408 e. The van der Waals surface area contributed by atoms with Crippen LogP contribution in [0.15, 0.2) is 53.8 Å². The van der Waals surface area contributed by atoms with E-state index in [4.69, 9.17) is 22.1 Å². The Morgan fingerprint density at radius 3 is 2.60 bits per heavy atom. The van der Waals surface area contributed by atoms with E-state index in [1.165, 1.54) is 31.0 Å². The summed E-state index contributed by atoms with van der Waals surface area (Å²) in [7, 11) is 0. The molecule has 0 saturated carbocycles. The van der Waals surface area contributed by atoms with Gasteiger partial charge in [0.25, 0.3) is 5.91 Å². The van der Waals surface area contributed by atoms with Crippen LogP contribution in [0.25, 0.3) is 0 Å². The largest absolute Gasteiger partial charge is 0.408 e. The lowest BCUT2D eigenvalue weighted by molar-refractivity contribution is -0.163. The van der Waals surface area contributed by atoms with Crippen molar-refractivity contribution in [2.75, 3.05) is 19.7 Å². The first kappa shape index (κ1) is 31.4. The molecule has 3 N–H and O–H groups in total. The second kappa shape index (κ2) is 12.0. The molecule has 10 nitrogen and oxygen atoms in total. The second-order valence-electron chi connectivity index (χ2n) is 10.9. The van der Waals surface area contributed by atoms with E-state index >= 15 is 0 Å². The van der Waals surface area contributed by atoms with E-state index in [9.17, 15) is 27.6 Å². The number of nitrogens with zero attached hydrogens (tertiary/aromatic N) is 4. The molecule has 0 spiro atoms. The average molecular weight is 609 g/mol. The SMILES string of the molecule is CC1N(C(=O)[C@@H](COCc2cccc(Cl)c2)NC(=O)C(C)(C)N)CCC2=NN(CC(F)(F)F)C(=O)[C@]21c1ccccn1. The lowest BCUT2D eigenvalue weighted by Gasteiger charge is -2.46. The molecular formula is C28H32ClF3N6O4. The molecule has 4 rings (SSSR count). The zero-order chi connectivity index (χ0) is 30.9. The van der Waals surface area contributed by atoms with Crippen molar-refractivity contribution < 1.29 is 32.3 Å². The number of carbonyl (C=O) groups is 3. The summed E-state index contributed by atoms with van der Waals surface area (Å²) in [6.07, 6.45) is -3.26. The van der Waals surface area contributed by atoms with E-state index in [1.807, 2.05) is 0 Å². The smallest absolute Gasteiger partial charge is 0.374 e. The van der Waals surface area contributed by atoms with Gasteiger partial charge in [-0.1, -0.05) is 29.8 Å². The number of pyridine rings is 1. The molecule has 0 aliphatic carbocycles. The van der Waals surface area contributed by atoms with Crippen LogP contribution in [0.4, 0.5) is 13.2 Å². The molecule has 0 bridgehead atoms. The number of likely N-dealkylation sites (tertiary alicyclic amines) is 1. The Hall–Kier alpha value is -3.55. The fourth-order valence-corrected chi connectivity index (χ4v) is 5.42. The van der Waals surface area contributed by atoms with Crippen molar-refractivity contribution in [3.8, 4) is 0 Å². The molecule has 3 atom stereocenters. The number of nitrogens with two attached hydrogens (primary N) is 1. The topological polar surface area (TPSA) is 130 Å². The highest BCUT2D eigenvalue weighted by molar-refractivity contribution is 6.30. The quantitative estimate of drug-likeness (QED) is 0.450. The van der Waals surface area contributed by atoms with Crippen molar-refractivity contribution >= 4 is 35.0 Å². The first-order valence-corrected chi connectivity index (χ1v) is 13.6. The first-order chi connectivity index (χ1) is 19.6. The molecule has 226 valence electrons. The molecule has 42 heavy (non-hydrogen) atoms. The van der Waals surface area contributed by atoms with Gasteiger partial charge >= 0.3 is 6.18 Å². The van der Waals surface area contributed by atoms with Gasteiger partial charge in [-0.25, -0.2) is 5.01 Å². The summed E-state index contributed by atoms with van der Waals surface area (Å²) in [5.74, 6) is -2.14. The zero-order valence-electron chi connectivity index (χ0n) is 23.3. The number of amides is 3. The van der Waals surface area contributed by atoms with Gasteiger partial charge in [0.1, 0.15) is 12.6 Å². The van der Waals surface area contributed by atoms with Gasteiger partial charge in [-0.2, -0.15) is 18.3 Å². The Balaban J connectivity index is 1.65. The van der Waals surface area contributed by atoms with Crippen LogP contribution in [0.2, 0.25) is 5.02 Å². The van der Waals surface area contributed by atoms with Crippen molar-refractivity contribution in [2.45, 2.75) is 63.0 Å². The molecule has 1 aromatic heterocycles. The molecule has 0 radical (unpaired) electrons. The number of aromatic nitrogens is 1. The maximum atomic E-state index is 14.1. The first-order valence-electron chi connectivity index (χ1n) is 13.2. The van der Waals surface area contributed by atoms with E-state index in [-0.39, 0.29) is 37.6 Å². The number of hydrazone groups is 1. The van der Waals surface area contributed by atoms with Crippen LogP contribution in [-0.4, -0.2) is 81.8 Å². The van der Waals surface area contributed by atoms with Crippen molar-refractivity contribution in [1.29, 1.82) is 0 Å². The van der Waals surface area contributed by atoms with Gasteiger partial charge in [0.15, 0.2) is 5.41 Å². The van der Waals surface area contributed by atoms with E-state index in [0.29, 0.717) is 10.0 Å². The molecule has 3 heterocycles. The molecule has 14 heteroatoms. The van der Waals surface area contributed by atoms with Gasteiger partial charge in [-0.15, -0.1) is 0 Å². The Kier molecular flexibility index (Phi) is 8.95. The lowest BCUT2D eigenvalue weighted by Crippen LogP contribution is -2.66. The third kappa shape index (κ3) is 6.42. The number of halogens is 4. The third-order valence-corrected chi connectivity index (χ3v) is 7.50. The number of rotatable bonds is 9. The number of piperidine rings is 1. The van der Waals surface area contributed by atoms with E-state index < -0.39 is 53.5 Å². The molecule has 1 saturated heterocycles. The minimum atomic E-state index is -4.69. The Bertz CT molecular complexity index is 1370. The highest BCUT2D eigenvalue weighted by Crippen LogP contribution is 2.43. The number of hydrogen-bond donors (Lipinski definition) is 2. The molecule has 3 amide bonds. The molecular weight excluding hydrogens is 577 g/mol. The van der Waals surface area contributed by atoms with Crippen molar-refractivity contribution in [2.24, 2.45) is 10.8 Å². The summed E-state index contributed by atoms with van der Waals surface area (Å²) < 4.78 is 45.9. The fourth-order valence-electron chi connectivity index (χ4n) is 5.20. The number of nitrogens with one attached hydrogen (secondary N) is 1. The van der Waals surface area contributed by atoms with Crippen molar-refractivity contribution in [3.63, 3.8) is 0 Å². The minimum absolute atomic E-state index is 0.0131. The van der Waals surface area contributed by atoms with E-state index in [1.54, 1.807) is 43.3 Å². The third-order valence-electron chi connectivity index (χ3n) is 7.26. The highest BCUT2D eigenvalue weighted by Gasteiger charge is 2.62. The van der Waals surface area contributed by atoms with Crippen LogP contribution >= 0.6 is 11.6 Å². The lowest BCUT2D eigenvalue weighted by atomic mass is 9.69. The van der Waals surface area contributed by atoms with E-state index in [2.05, 4.69) is 15.4 Å². The summed E-state index contributed by atoms with van der Waals surface area (Å²) in [6.45, 7) is 2.81. The van der Waals surface area contributed by atoms with Crippen LogP contribution in [0.1, 0.15) is 38.4 Å². The standard InChI is InChI=1S/C28H32ClF3N6O4/c1-17-28(21-9-4-5-11-34-21)22(36-38(25(28)41)16-27(30,31)32)10-12-37(17)23(39)20(35-24(40)26(2,3)33)15-42-14-18-7-6-8-19(29)13-18/h4-9,11,13,17,20H,10,12,14-16,33H2,1-3H3,(H,35,40)/t17?,20-,28-/m1/s1. The van der Waals surface area contributed by atoms with Crippen LogP contribution < -0.4 is 11.1 Å². The highest BCUT2D eigenvalue weighted by atomic mass is 35.5. The van der Waals surface area contributed by atoms with E-state index in [0.717, 1.165) is 5.56 Å². The van der Waals surface area contributed by atoms with Gasteiger partial charge < -0.3 is 20.7 Å². The van der Waals surface area contributed by atoms with Crippen LogP contribution in [0.3, 0.4) is 0 Å². The summed E-state index contributed by atoms with van der Waals surface area (Å²) in [6, 6.07) is 9.45. The number of ether oxygens (including phenoxy) is 1. The van der Waals surface area contributed by atoms with Gasteiger partial charge in [0.2, 0.25) is 11.8 Å². The van der Waals surface area contributed by atoms with Crippen LogP contribution in [0, 0.1) is 0 Å². The normalized spacial score (nSPS) is 21.6. The number of fused-ring (bicyclic) bond motifs is 1. The molecule has 2 aliphatic rings. The number of benzene rings is 1. The maximum absolute atomic E-state index is 14.1. The molecule has 1 unspecified atom stereocenters. The van der Waals surface area contributed by atoms with Crippen molar-refractivity contribution in [1.82, 2.24) is 20.2 Å². The van der Waals surface area contributed by atoms with Gasteiger partial charge in [0, 0.05) is 24.2 Å². The molecule has 2 aromatic rings. The zero-order valence-corrected chi connectivity index (χ0v) is 24.1. The summed E-state index contributed by atoms with van der Waals surface area (Å²) in [4.78, 5) is 46.3. The van der Waals surface area contributed by atoms with Crippen molar-refractivity contribution in [3.05, 3.63) is 64.9 Å². The number of hydrogen-bond acceptors (Lipinski definition) is 7. The Morgan fingerprint density at radius 1 is 1.24 bits per heavy atom. The number of alkyl halides is 3. The minimum Gasteiger partial charge on any atom is -0.374 e. The van der Waals surface area contributed by atoms with Gasteiger partial charge in [-0.05, 0) is 50.6 Å². The summed E-state index contributed by atoms with van der Waals surface area (Å²) in [5, 5.41) is 7.61. The average Bonchev–Trinajstić information content (AvgIpc) is 3.19. The van der Waals surface area contributed by atoms with Crippen LogP contribution in [0.5, 0.6) is 0 Å². The predicted molar refractivity (Wildman–Crippen MR) is 148 cm³/mol. The monoisotopic (exact) mass is 608 g/mol.